The van der Waals surface area contributed by atoms with Gasteiger partial charge in [0.05, 0.1) is 19.1 Å². The number of aromatic nitrogens is 2. The third-order valence-electron chi connectivity index (χ3n) is 1.37. The predicted octanol–water partition coefficient (Wildman–Crippen LogP) is -4.10. The Kier molecular flexibility index (Phi) is 5.98. The first kappa shape index (κ1) is 12.6. The second-order valence-corrected chi connectivity index (χ2v) is 2.24. The standard InChI is InChI=1S/C7H10N2O3.Na/c1-12-5-4-9-3-2-6(8-9)7(10)11;/h2-3H,4-5H2,1H3,(H,10,11);/q;+1/p-1. The molecule has 0 atom stereocenters. The van der Waals surface area contributed by atoms with E-state index < -0.39 is 5.97 Å². The normalized spacial score (nSPS) is 9.31. The number of nitrogens with zero attached hydrogens (tertiary/aromatic N) is 2. The van der Waals surface area contributed by atoms with Gasteiger partial charge >= 0.3 is 29.6 Å². The average molecular weight is 192 g/mol. The van der Waals surface area contributed by atoms with Gasteiger partial charge in [0.2, 0.25) is 0 Å². The van der Waals surface area contributed by atoms with Crippen molar-refractivity contribution in [2.24, 2.45) is 0 Å². The van der Waals surface area contributed by atoms with Gasteiger partial charge < -0.3 is 14.6 Å². The van der Waals surface area contributed by atoms with E-state index in [2.05, 4.69) is 5.10 Å². The molecule has 0 N–H and O–H groups in total. The van der Waals surface area contributed by atoms with Crippen LogP contribution < -0.4 is 34.7 Å². The van der Waals surface area contributed by atoms with Crippen LogP contribution >= 0.6 is 0 Å². The monoisotopic (exact) mass is 192 g/mol. The summed E-state index contributed by atoms with van der Waals surface area (Å²) in [5, 5.41) is 14.0. The fourth-order valence-corrected chi connectivity index (χ4v) is 0.780. The third-order valence-corrected chi connectivity index (χ3v) is 1.37. The van der Waals surface area contributed by atoms with Crippen LogP contribution in [0.5, 0.6) is 0 Å². The Balaban J connectivity index is 0.00000144. The summed E-state index contributed by atoms with van der Waals surface area (Å²) in [6, 6.07) is 1.39. The molecule has 0 aliphatic rings. The van der Waals surface area contributed by atoms with Crippen molar-refractivity contribution < 1.29 is 44.2 Å². The quantitative estimate of drug-likeness (QED) is 0.455. The van der Waals surface area contributed by atoms with E-state index in [1.807, 2.05) is 0 Å². The summed E-state index contributed by atoms with van der Waals surface area (Å²) in [4.78, 5) is 10.3. The molecule has 6 heteroatoms. The van der Waals surface area contributed by atoms with Crippen LogP contribution in [0.2, 0.25) is 0 Å². The minimum absolute atomic E-state index is 0. The number of carboxylic acids is 1. The molecule has 0 amide bonds. The van der Waals surface area contributed by atoms with Crippen molar-refractivity contribution in [3.8, 4) is 0 Å². The molecule has 0 aliphatic heterocycles. The molecule has 1 aromatic rings. The molecule has 66 valence electrons. The first-order valence-corrected chi connectivity index (χ1v) is 3.48. The molecule has 13 heavy (non-hydrogen) atoms. The molecule has 0 saturated carbocycles. The van der Waals surface area contributed by atoms with Crippen LogP contribution in [0.4, 0.5) is 0 Å². The summed E-state index contributed by atoms with van der Waals surface area (Å²) in [5.74, 6) is -1.26. The van der Waals surface area contributed by atoms with Gasteiger partial charge in [0, 0.05) is 13.3 Å². The van der Waals surface area contributed by atoms with Crippen LogP contribution in [0.3, 0.4) is 0 Å². The molecular weight excluding hydrogens is 183 g/mol. The van der Waals surface area contributed by atoms with Gasteiger partial charge in [0.15, 0.2) is 0 Å². The summed E-state index contributed by atoms with van der Waals surface area (Å²) < 4.78 is 6.29. The van der Waals surface area contributed by atoms with Gasteiger partial charge in [-0.25, -0.2) is 0 Å². The van der Waals surface area contributed by atoms with E-state index in [4.69, 9.17) is 4.74 Å². The third kappa shape index (κ3) is 3.91. The van der Waals surface area contributed by atoms with Crippen LogP contribution in [-0.4, -0.2) is 29.5 Å². The van der Waals surface area contributed by atoms with E-state index in [1.165, 1.54) is 10.7 Å². The zero-order valence-corrected chi connectivity index (χ0v) is 9.69. The first-order chi connectivity index (χ1) is 5.74. The summed E-state index contributed by atoms with van der Waals surface area (Å²) in [7, 11) is 1.57. The van der Waals surface area contributed by atoms with Crippen molar-refractivity contribution in [3.05, 3.63) is 18.0 Å². The second-order valence-electron chi connectivity index (χ2n) is 2.24. The zero-order valence-electron chi connectivity index (χ0n) is 7.69. The Morgan fingerprint density at radius 1 is 1.77 bits per heavy atom. The van der Waals surface area contributed by atoms with E-state index in [9.17, 15) is 9.90 Å². The maximum Gasteiger partial charge on any atom is 1.00 e. The molecule has 1 heterocycles. The number of hydrogen-bond donors (Lipinski definition) is 0. The minimum atomic E-state index is -1.26. The fourth-order valence-electron chi connectivity index (χ4n) is 0.780. The Morgan fingerprint density at radius 2 is 2.46 bits per heavy atom. The van der Waals surface area contributed by atoms with E-state index >= 15 is 0 Å². The maximum absolute atomic E-state index is 10.3. The number of rotatable bonds is 4. The SMILES string of the molecule is COCCn1ccc(C(=O)[O-])n1.[Na+]. The predicted molar refractivity (Wildman–Crippen MR) is 38.4 cm³/mol. The Hall–Kier alpha value is -0.360. The van der Waals surface area contributed by atoms with Gasteiger partial charge in [0.1, 0.15) is 5.69 Å². The van der Waals surface area contributed by atoms with E-state index in [-0.39, 0.29) is 35.3 Å². The van der Waals surface area contributed by atoms with Gasteiger partial charge in [-0.15, -0.1) is 0 Å². The van der Waals surface area contributed by atoms with Crippen LogP contribution in [0.15, 0.2) is 12.3 Å². The number of carboxylic acid groups (broad SMARTS) is 1. The largest absolute Gasteiger partial charge is 1.00 e. The molecule has 0 spiro atoms. The summed E-state index contributed by atoms with van der Waals surface area (Å²) in [5.41, 5.74) is -0.0499. The minimum Gasteiger partial charge on any atom is -0.543 e. The van der Waals surface area contributed by atoms with Crippen molar-refractivity contribution in [2.45, 2.75) is 6.54 Å². The van der Waals surface area contributed by atoms with Gasteiger partial charge in [0.25, 0.3) is 0 Å². The molecule has 0 unspecified atom stereocenters. The van der Waals surface area contributed by atoms with E-state index in [0.29, 0.717) is 13.2 Å². The molecule has 0 aliphatic carbocycles. The van der Waals surface area contributed by atoms with Crippen LogP contribution in [0.25, 0.3) is 0 Å². The first-order valence-electron chi connectivity index (χ1n) is 3.48. The van der Waals surface area contributed by atoms with Crippen molar-refractivity contribution in [2.75, 3.05) is 13.7 Å². The summed E-state index contributed by atoms with van der Waals surface area (Å²) >= 11 is 0. The maximum atomic E-state index is 10.3. The van der Waals surface area contributed by atoms with Crippen LogP contribution in [0.1, 0.15) is 10.5 Å². The average Bonchev–Trinajstić information content (AvgIpc) is 2.48. The molecule has 1 rings (SSSR count). The molecular formula is C7H9N2NaO3. The molecule has 0 fully saturated rings. The molecule has 0 radical (unpaired) electrons. The smallest absolute Gasteiger partial charge is 0.543 e. The van der Waals surface area contributed by atoms with Crippen molar-refractivity contribution in [1.29, 1.82) is 0 Å². The van der Waals surface area contributed by atoms with Crippen LogP contribution in [-0.2, 0) is 11.3 Å². The second kappa shape index (κ2) is 6.15. The number of methoxy groups -OCH3 is 1. The number of hydrogen-bond acceptors (Lipinski definition) is 4. The van der Waals surface area contributed by atoms with Gasteiger partial charge in [-0.2, -0.15) is 5.10 Å². The van der Waals surface area contributed by atoms with E-state index in [1.54, 1.807) is 13.3 Å². The molecule has 0 aromatic carbocycles. The van der Waals surface area contributed by atoms with Crippen molar-refractivity contribution in [3.63, 3.8) is 0 Å². The molecule has 1 aromatic heterocycles. The van der Waals surface area contributed by atoms with Crippen molar-refractivity contribution in [1.82, 2.24) is 9.78 Å². The Morgan fingerprint density at radius 3 is 2.92 bits per heavy atom. The Labute approximate surface area is 98.0 Å². The number of carbonyl (C=O) groups excluding carboxylic acids is 1. The van der Waals surface area contributed by atoms with Gasteiger partial charge in [-0.1, -0.05) is 0 Å². The Bertz CT molecular complexity index is 274. The van der Waals surface area contributed by atoms with E-state index in [0.717, 1.165) is 0 Å². The summed E-state index contributed by atoms with van der Waals surface area (Å²) in [6.07, 6.45) is 1.57. The van der Waals surface area contributed by atoms with Gasteiger partial charge in [-0.05, 0) is 6.07 Å². The molecule has 5 nitrogen and oxygen atoms in total. The topological polar surface area (TPSA) is 67.2 Å². The number of ether oxygens (including phenoxy) is 1. The van der Waals surface area contributed by atoms with Crippen molar-refractivity contribution >= 4 is 5.97 Å². The summed E-state index contributed by atoms with van der Waals surface area (Å²) in [6.45, 7) is 1.05. The van der Waals surface area contributed by atoms with Crippen LogP contribution in [0, 0.1) is 0 Å². The van der Waals surface area contributed by atoms with Gasteiger partial charge in [-0.3, -0.25) is 4.68 Å². The number of aromatic carboxylic acids is 1. The molecule has 0 saturated heterocycles. The zero-order chi connectivity index (χ0) is 8.97. The fraction of sp³-hybridized carbons (Fsp3) is 0.429. The molecule has 0 bridgehead atoms. The number of carbonyl (C=O) groups is 1.